The van der Waals surface area contributed by atoms with E-state index in [1.165, 1.54) is 16.3 Å². The molecule has 2 rings (SSSR count). The number of ketones is 1. The molecule has 0 spiro atoms. The van der Waals surface area contributed by atoms with E-state index in [0.29, 0.717) is 5.56 Å². The lowest BCUT2D eigenvalue weighted by atomic mass is 10.1. The van der Waals surface area contributed by atoms with Crippen molar-refractivity contribution in [3.05, 3.63) is 64.3 Å². The lowest BCUT2D eigenvalue weighted by Gasteiger charge is -2.05. The molecule has 0 atom stereocenters. The summed E-state index contributed by atoms with van der Waals surface area (Å²) in [6, 6.07) is 9.19. The summed E-state index contributed by atoms with van der Waals surface area (Å²) in [6.45, 7) is 2.15. The molecule has 2 aromatic rings. The maximum atomic E-state index is 12.0. The summed E-state index contributed by atoms with van der Waals surface area (Å²) in [5.74, 6) is -0.0850. The second kappa shape index (κ2) is 6.09. The summed E-state index contributed by atoms with van der Waals surface area (Å²) < 4.78 is 1.31. The maximum Gasteiger partial charge on any atom is 0.347 e. The molecule has 0 radical (unpaired) electrons. The van der Waals surface area contributed by atoms with Gasteiger partial charge in [-0.25, -0.2) is 9.78 Å². The number of carbonyl (C=O) groups excluding carboxylic acids is 1. The minimum Gasteiger partial charge on any atom is -0.292 e. The van der Waals surface area contributed by atoms with E-state index in [2.05, 4.69) is 11.9 Å². The van der Waals surface area contributed by atoms with Crippen molar-refractivity contribution >= 4 is 5.78 Å². The lowest BCUT2D eigenvalue weighted by molar-refractivity contribution is 0.0970. The fourth-order valence-corrected chi connectivity index (χ4v) is 1.90. The monoisotopic (exact) mass is 256 g/mol. The van der Waals surface area contributed by atoms with Gasteiger partial charge in [0, 0.05) is 18.0 Å². The van der Waals surface area contributed by atoms with E-state index in [9.17, 15) is 9.59 Å². The number of aromatic nitrogens is 2. The van der Waals surface area contributed by atoms with E-state index in [1.54, 1.807) is 12.3 Å². The predicted octanol–water partition coefficient (Wildman–Crippen LogP) is 2.08. The van der Waals surface area contributed by atoms with Gasteiger partial charge in [-0.05, 0) is 18.1 Å². The number of rotatable bonds is 5. The van der Waals surface area contributed by atoms with Crippen molar-refractivity contribution in [2.45, 2.75) is 26.3 Å². The number of carbonyl (C=O) groups is 1. The Morgan fingerprint density at radius 2 is 2.00 bits per heavy atom. The van der Waals surface area contributed by atoms with Gasteiger partial charge in [0.05, 0.1) is 6.54 Å². The van der Waals surface area contributed by atoms with Crippen LogP contribution in [-0.2, 0) is 13.0 Å². The van der Waals surface area contributed by atoms with Crippen LogP contribution in [0.5, 0.6) is 0 Å². The van der Waals surface area contributed by atoms with Crippen molar-refractivity contribution in [2.75, 3.05) is 0 Å². The van der Waals surface area contributed by atoms with Crippen molar-refractivity contribution < 1.29 is 4.79 Å². The largest absolute Gasteiger partial charge is 0.347 e. The Balaban J connectivity index is 2.12. The quantitative estimate of drug-likeness (QED) is 0.770. The third-order valence-electron chi connectivity index (χ3n) is 2.91. The Kier molecular flexibility index (Phi) is 4.23. The summed E-state index contributed by atoms with van der Waals surface area (Å²) in [5.41, 5.74) is 1.44. The van der Waals surface area contributed by atoms with Gasteiger partial charge in [0.2, 0.25) is 0 Å². The molecular formula is C15H16N2O2. The molecule has 1 heterocycles. The van der Waals surface area contributed by atoms with Crippen LogP contribution in [0.25, 0.3) is 0 Å². The zero-order valence-electron chi connectivity index (χ0n) is 10.9. The number of Topliss-reactive ketones (excluding diaryl/α,β-unsaturated/α-hetero) is 1. The zero-order chi connectivity index (χ0) is 13.7. The molecule has 1 aromatic carbocycles. The van der Waals surface area contributed by atoms with Gasteiger partial charge in [0.15, 0.2) is 5.78 Å². The molecular weight excluding hydrogens is 240 g/mol. The van der Waals surface area contributed by atoms with Gasteiger partial charge in [-0.15, -0.1) is 0 Å². The van der Waals surface area contributed by atoms with E-state index in [4.69, 9.17) is 0 Å². The Labute approximate surface area is 111 Å². The molecule has 0 aliphatic rings. The van der Waals surface area contributed by atoms with Gasteiger partial charge in [-0.1, -0.05) is 37.6 Å². The number of aryl methyl sites for hydroxylation is 1. The summed E-state index contributed by atoms with van der Waals surface area (Å²) >= 11 is 0. The summed E-state index contributed by atoms with van der Waals surface area (Å²) in [7, 11) is 0. The molecule has 0 fully saturated rings. The molecule has 1 aromatic heterocycles. The fraction of sp³-hybridized carbons (Fsp3) is 0.267. The van der Waals surface area contributed by atoms with Crippen LogP contribution in [0.15, 0.2) is 47.5 Å². The molecule has 0 unspecified atom stereocenters. The predicted molar refractivity (Wildman–Crippen MR) is 73.3 cm³/mol. The van der Waals surface area contributed by atoms with Crippen molar-refractivity contribution in [1.82, 2.24) is 9.55 Å². The van der Waals surface area contributed by atoms with Crippen molar-refractivity contribution in [3.63, 3.8) is 0 Å². The van der Waals surface area contributed by atoms with E-state index in [-0.39, 0.29) is 12.3 Å². The van der Waals surface area contributed by atoms with Crippen molar-refractivity contribution in [2.24, 2.45) is 0 Å². The molecule has 0 saturated heterocycles. The molecule has 0 saturated carbocycles. The second-order valence-corrected chi connectivity index (χ2v) is 4.40. The van der Waals surface area contributed by atoms with Crippen LogP contribution in [0.3, 0.4) is 0 Å². The standard InChI is InChI=1S/C15H16N2O2/c1-2-4-12-5-7-13(8-6-12)14(18)11-17-10-3-9-16-15(17)19/h3,5-10H,2,4,11H2,1H3. The van der Waals surface area contributed by atoms with Gasteiger partial charge in [-0.3, -0.25) is 9.36 Å². The minimum absolute atomic E-state index is 0.0276. The first-order valence-corrected chi connectivity index (χ1v) is 6.34. The first kappa shape index (κ1) is 13.2. The summed E-state index contributed by atoms with van der Waals surface area (Å²) in [4.78, 5) is 27.1. The number of nitrogens with zero attached hydrogens (tertiary/aromatic N) is 2. The summed E-state index contributed by atoms with van der Waals surface area (Å²) in [6.07, 6.45) is 5.08. The highest BCUT2D eigenvalue weighted by molar-refractivity contribution is 5.95. The molecule has 0 N–H and O–H groups in total. The number of benzene rings is 1. The zero-order valence-corrected chi connectivity index (χ0v) is 10.9. The van der Waals surface area contributed by atoms with Crippen LogP contribution in [0.1, 0.15) is 29.3 Å². The SMILES string of the molecule is CCCc1ccc(C(=O)Cn2cccnc2=O)cc1. The van der Waals surface area contributed by atoms with Gasteiger partial charge in [-0.2, -0.15) is 0 Å². The van der Waals surface area contributed by atoms with Crippen LogP contribution in [0.4, 0.5) is 0 Å². The highest BCUT2D eigenvalue weighted by atomic mass is 16.2. The van der Waals surface area contributed by atoms with E-state index in [1.807, 2.05) is 24.3 Å². The van der Waals surface area contributed by atoms with Crippen LogP contribution in [0.2, 0.25) is 0 Å². The normalized spacial score (nSPS) is 10.4. The third kappa shape index (κ3) is 3.37. The van der Waals surface area contributed by atoms with Crippen LogP contribution in [0, 0.1) is 0 Å². The minimum atomic E-state index is -0.404. The van der Waals surface area contributed by atoms with Gasteiger partial charge in [0.1, 0.15) is 0 Å². The van der Waals surface area contributed by atoms with Gasteiger partial charge >= 0.3 is 5.69 Å². The van der Waals surface area contributed by atoms with Crippen molar-refractivity contribution in [1.29, 1.82) is 0 Å². The Hall–Kier alpha value is -2.23. The number of hydrogen-bond donors (Lipinski definition) is 0. The molecule has 0 bridgehead atoms. The van der Waals surface area contributed by atoms with E-state index < -0.39 is 5.69 Å². The molecule has 0 aliphatic heterocycles. The molecule has 4 nitrogen and oxygen atoms in total. The highest BCUT2D eigenvalue weighted by Gasteiger charge is 2.07. The third-order valence-corrected chi connectivity index (χ3v) is 2.91. The van der Waals surface area contributed by atoms with Gasteiger partial charge in [0.25, 0.3) is 0 Å². The van der Waals surface area contributed by atoms with Crippen molar-refractivity contribution in [3.8, 4) is 0 Å². The van der Waals surface area contributed by atoms with Gasteiger partial charge < -0.3 is 0 Å². The number of hydrogen-bond acceptors (Lipinski definition) is 3. The molecule has 0 aliphatic carbocycles. The second-order valence-electron chi connectivity index (χ2n) is 4.40. The molecule has 0 amide bonds. The summed E-state index contributed by atoms with van der Waals surface area (Å²) in [5, 5.41) is 0. The lowest BCUT2D eigenvalue weighted by Crippen LogP contribution is -2.25. The maximum absolute atomic E-state index is 12.0. The smallest absolute Gasteiger partial charge is 0.292 e. The van der Waals surface area contributed by atoms with Crippen LogP contribution < -0.4 is 5.69 Å². The Morgan fingerprint density at radius 3 is 2.63 bits per heavy atom. The first-order chi connectivity index (χ1) is 9.20. The fourth-order valence-electron chi connectivity index (χ4n) is 1.90. The van der Waals surface area contributed by atoms with Crippen LogP contribution in [-0.4, -0.2) is 15.3 Å². The average molecular weight is 256 g/mol. The molecule has 4 heteroatoms. The highest BCUT2D eigenvalue weighted by Crippen LogP contribution is 2.08. The Bertz CT molecular complexity index is 615. The molecule has 98 valence electrons. The van der Waals surface area contributed by atoms with E-state index in [0.717, 1.165) is 12.8 Å². The first-order valence-electron chi connectivity index (χ1n) is 6.34. The topological polar surface area (TPSA) is 52.0 Å². The van der Waals surface area contributed by atoms with Crippen LogP contribution >= 0.6 is 0 Å². The average Bonchev–Trinajstić information content (AvgIpc) is 2.42. The van der Waals surface area contributed by atoms with E-state index >= 15 is 0 Å². The molecule has 19 heavy (non-hydrogen) atoms. The Morgan fingerprint density at radius 1 is 1.26 bits per heavy atom.